The maximum absolute atomic E-state index is 10.1. The number of aliphatic hydroxyl groups excluding tert-OH is 1. The number of hydrogen-bond donors (Lipinski definition) is 3. The van der Waals surface area contributed by atoms with Crippen LogP contribution in [0, 0.1) is 0 Å². The van der Waals surface area contributed by atoms with E-state index < -0.39 is 6.10 Å². The summed E-state index contributed by atoms with van der Waals surface area (Å²) in [6, 6.07) is 7.42. The lowest BCUT2D eigenvalue weighted by Gasteiger charge is -2.19. The molecule has 1 saturated heterocycles. The minimum atomic E-state index is -0.526. The fraction of sp³-hybridized carbons (Fsp3) is 0.500. The lowest BCUT2D eigenvalue weighted by molar-refractivity contribution is 0.135. The van der Waals surface area contributed by atoms with Gasteiger partial charge >= 0.3 is 0 Å². The molecule has 3 N–H and O–H groups in total. The average Bonchev–Trinajstić information content (AvgIpc) is 2.64. The van der Waals surface area contributed by atoms with Gasteiger partial charge in [0, 0.05) is 12.1 Å². The average molecular weight is 207 g/mol. The predicted molar refractivity (Wildman–Crippen MR) is 58.7 cm³/mol. The van der Waals surface area contributed by atoms with E-state index in [4.69, 9.17) is 0 Å². The molecule has 0 aliphatic carbocycles. The van der Waals surface area contributed by atoms with Crippen LogP contribution in [0.2, 0.25) is 0 Å². The minimum Gasteiger partial charge on any atom is -0.508 e. The summed E-state index contributed by atoms with van der Waals surface area (Å²) < 4.78 is 0. The van der Waals surface area contributed by atoms with E-state index in [1.54, 1.807) is 18.2 Å². The van der Waals surface area contributed by atoms with Gasteiger partial charge < -0.3 is 15.5 Å². The van der Waals surface area contributed by atoms with Crippen LogP contribution >= 0.6 is 0 Å². The molecule has 1 fully saturated rings. The number of hydrogen-bond acceptors (Lipinski definition) is 3. The fourth-order valence-corrected chi connectivity index (χ4v) is 2.15. The first-order valence-electron chi connectivity index (χ1n) is 5.40. The molecule has 0 spiro atoms. The number of benzene rings is 1. The molecular weight excluding hydrogens is 190 g/mol. The van der Waals surface area contributed by atoms with Crippen molar-refractivity contribution in [1.29, 1.82) is 0 Å². The monoisotopic (exact) mass is 207 g/mol. The van der Waals surface area contributed by atoms with Gasteiger partial charge in [0.15, 0.2) is 0 Å². The summed E-state index contributed by atoms with van der Waals surface area (Å²) in [5.41, 5.74) is 0.779. The third-order valence-corrected chi connectivity index (χ3v) is 3.00. The number of rotatable bonds is 2. The van der Waals surface area contributed by atoms with Crippen molar-refractivity contribution in [3.8, 4) is 5.75 Å². The first-order chi connectivity index (χ1) is 7.16. The summed E-state index contributed by atoms with van der Waals surface area (Å²) >= 11 is 0. The van der Waals surface area contributed by atoms with Gasteiger partial charge in [0.1, 0.15) is 5.75 Å². The van der Waals surface area contributed by atoms with Crippen LogP contribution in [0.4, 0.5) is 0 Å². The highest BCUT2D eigenvalue weighted by molar-refractivity contribution is 5.29. The Bertz CT molecular complexity index is 340. The molecule has 0 saturated carbocycles. The largest absolute Gasteiger partial charge is 0.508 e. The zero-order valence-electron chi connectivity index (χ0n) is 8.85. The maximum atomic E-state index is 10.1. The van der Waals surface area contributed by atoms with Crippen LogP contribution in [0.3, 0.4) is 0 Å². The van der Waals surface area contributed by atoms with Crippen LogP contribution in [0.25, 0.3) is 0 Å². The molecule has 2 rings (SSSR count). The Labute approximate surface area is 89.8 Å². The molecule has 1 aliphatic heterocycles. The van der Waals surface area contributed by atoms with Crippen LogP contribution in [-0.2, 0) is 0 Å². The van der Waals surface area contributed by atoms with Crippen LogP contribution in [0.15, 0.2) is 24.3 Å². The topological polar surface area (TPSA) is 52.5 Å². The molecule has 3 atom stereocenters. The molecule has 1 aromatic carbocycles. The molecule has 3 heteroatoms. The lowest BCUT2D eigenvalue weighted by atomic mass is 10.0. The third kappa shape index (κ3) is 2.30. The number of aromatic hydroxyl groups is 1. The van der Waals surface area contributed by atoms with Gasteiger partial charge in [-0.2, -0.15) is 0 Å². The number of phenols is 1. The second-order valence-electron chi connectivity index (χ2n) is 4.29. The van der Waals surface area contributed by atoms with Gasteiger partial charge in [-0.05, 0) is 37.5 Å². The van der Waals surface area contributed by atoms with E-state index in [1.165, 1.54) is 0 Å². The van der Waals surface area contributed by atoms with E-state index in [-0.39, 0.29) is 11.8 Å². The van der Waals surface area contributed by atoms with Crippen molar-refractivity contribution in [2.24, 2.45) is 0 Å². The Morgan fingerprint density at radius 1 is 1.40 bits per heavy atom. The van der Waals surface area contributed by atoms with Gasteiger partial charge in [-0.3, -0.25) is 0 Å². The first kappa shape index (κ1) is 10.5. The van der Waals surface area contributed by atoms with Crippen LogP contribution in [0.1, 0.15) is 31.4 Å². The van der Waals surface area contributed by atoms with Crippen molar-refractivity contribution < 1.29 is 10.2 Å². The number of phenolic OH excluding ortho intramolecular Hbond substituents is 1. The molecule has 0 radical (unpaired) electrons. The summed E-state index contributed by atoms with van der Waals surface area (Å²) in [4.78, 5) is 0. The zero-order valence-corrected chi connectivity index (χ0v) is 8.85. The number of nitrogens with one attached hydrogen (secondary N) is 1. The van der Waals surface area contributed by atoms with Crippen molar-refractivity contribution in [3.63, 3.8) is 0 Å². The molecule has 3 nitrogen and oxygen atoms in total. The Kier molecular flexibility index (Phi) is 2.93. The highest BCUT2D eigenvalue weighted by Crippen LogP contribution is 2.26. The van der Waals surface area contributed by atoms with Crippen molar-refractivity contribution in [2.75, 3.05) is 0 Å². The quantitative estimate of drug-likeness (QED) is 0.690. The van der Waals surface area contributed by atoms with E-state index in [0.717, 1.165) is 18.4 Å². The van der Waals surface area contributed by atoms with E-state index >= 15 is 0 Å². The molecule has 0 bridgehead atoms. The molecule has 1 heterocycles. The molecular formula is C12H17NO2. The van der Waals surface area contributed by atoms with Crippen LogP contribution in [0.5, 0.6) is 5.75 Å². The highest BCUT2D eigenvalue weighted by atomic mass is 16.3. The van der Waals surface area contributed by atoms with Gasteiger partial charge in [0.2, 0.25) is 0 Å². The van der Waals surface area contributed by atoms with Crippen molar-refractivity contribution in [1.82, 2.24) is 5.32 Å². The molecule has 0 aromatic heterocycles. The maximum Gasteiger partial charge on any atom is 0.115 e. The highest BCUT2D eigenvalue weighted by Gasteiger charge is 2.27. The van der Waals surface area contributed by atoms with Crippen molar-refractivity contribution >= 4 is 0 Å². The third-order valence-electron chi connectivity index (χ3n) is 3.00. The van der Waals surface area contributed by atoms with Crippen molar-refractivity contribution in [3.05, 3.63) is 29.8 Å². The Balaban J connectivity index is 2.10. The van der Waals surface area contributed by atoms with Crippen LogP contribution < -0.4 is 5.32 Å². The van der Waals surface area contributed by atoms with E-state index in [1.807, 2.05) is 6.07 Å². The molecule has 0 amide bonds. The van der Waals surface area contributed by atoms with Gasteiger partial charge in [-0.1, -0.05) is 12.1 Å². The molecule has 15 heavy (non-hydrogen) atoms. The molecule has 3 unspecified atom stereocenters. The van der Waals surface area contributed by atoms with Gasteiger partial charge in [-0.25, -0.2) is 0 Å². The second kappa shape index (κ2) is 4.21. The lowest BCUT2D eigenvalue weighted by Crippen LogP contribution is -2.32. The van der Waals surface area contributed by atoms with Gasteiger partial charge in [-0.15, -0.1) is 0 Å². The molecule has 1 aromatic rings. The summed E-state index contributed by atoms with van der Waals surface area (Å²) in [6.45, 7) is 2.12. The smallest absolute Gasteiger partial charge is 0.115 e. The standard InChI is InChI=1S/C12H17NO2/c1-8-5-6-11(13-8)12(15)9-3-2-4-10(14)7-9/h2-4,7-8,11-15H,5-6H2,1H3. The molecule has 82 valence electrons. The second-order valence-corrected chi connectivity index (χ2v) is 4.29. The predicted octanol–water partition coefficient (Wildman–Crippen LogP) is 1.57. The normalized spacial score (nSPS) is 27.9. The number of aliphatic hydroxyl groups is 1. The fourth-order valence-electron chi connectivity index (χ4n) is 2.15. The van der Waals surface area contributed by atoms with E-state index in [0.29, 0.717) is 6.04 Å². The first-order valence-corrected chi connectivity index (χ1v) is 5.40. The van der Waals surface area contributed by atoms with E-state index in [9.17, 15) is 10.2 Å². The SMILES string of the molecule is CC1CCC(C(O)c2cccc(O)c2)N1. The van der Waals surface area contributed by atoms with Crippen LogP contribution in [-0.4, -0.2) is 22.3 Å². The summed E-state index contributed by atoms with van der Waals surface area (Å²) in [5.74, 6) is 0.206. The summed E-state index contributed by atoms with van der Waals surface area (Å²) in [5, 5.41) is 22.8. The summed E-state index contributed by atoms with van der Waals surface area (Å²) in [6.07, 6.45) is 1.56. The Morgan fingerprint density at radius 2 is 2.20 bits per heavy atom. The zero-order chi connectivity index (χ0) is 10.8. The Hall–Kier alpha value is -1.06. The van der Waals surface area contributed by atoms with Crippen molar-refractivity contribution in [2.45, 2.75) is 38.0 Å². The minimum absolute atomic E-state index is 0.113. The van der Waals surface area contributed by atoms with E-state index in [2.05, 4.69) is 12.2 Å². The Morgan fingerprint density at radius 3 is 2.80 bits per heavy atom. The summed E-state index contributed by atoms with van der Waals surface area (Å²) in [7, 11) is 0. The van der Waals surface area contributed by atoms with Gasteiger partial charge in [0.25, 0.3) is 0 Å². The van der Waals surface area contributed by atoms with Gasteiger partial charge in [0.05, 0.1) is 6.10 Å². The molecule has 1 aliphatic rings.